The fourth-order valence-corrected chi connectivity index (χ4v) is 4.67. The van der Waals surface area contributed by atoms with Crippen LogP contribution in [-0.4, -0.2) is 40.0 Å². The average Bonchev–Trinajstić information content (AvgIpc) is 3.02. The van der Waals surface area contributed by atoms with Crippen LogP contribution in [0.1, 0.15) is 47.2 Å². The van der Waals surface area contributed by atoms with Crippen LogP contribution < -0.4 is 5.32 Å². The van der Waals surface area contributed by atoms with Crippen LogP contribution in [0.15, 0.2) is 30.3 Å². The van der Waals surface area contributed by atoms with Crippen molar-refractivity contribution < 1.29 is 36.6 Å². The third kappa shape index (κ3) is 4.19. The topological polar surface area (TPSA) is 69.6 Å². The van der Waals surface area contributed by atoms with Gasteiger partial charge in [0.1, 0.15) is 5.82 Å². The summed E-state index contributed by atoms with van der Waals surface area (Å²) in [6, 6.07) is 2.95. The molecule has 2 fully saturated rings. The highest BCUT2D eigenvalue weighted by Crippen LogP contribution is 2.41. The number of aryl methyl sites for hydroxylation is 1. The second-order valence-electron chi connectivity index (χ2n) is 8.53. The molecule has 0 spiro atoms. The van der Waals surface area contributed by atoms with Gasteiger partial charge in [-0.25, -0.2) is 13.2 Å². The minimum atomic E-state index is -4.25. The van der Waals surface area contributed by atoms with Gasteiger partial charge in [-0.1, -0.05) is 0 Å². The lowest BCUT2D eigenvalue weighted by Gasteiger charge is -2.39. The zero-order chi connectivity index (χ0) is 24.1. The number of piperidine rings is 1. The maximum atomic E-state index is 15.2. The number of carbonyl (C=O) groups is 2. The molecule has 0 aliphatic carbocycles. The fraction of sp³-hybridized carbons (Fsp3) is 0.391. The molecule has 2 amide bonds. The molecule has 0 saturated carbocycles. The van der Waals surface area contributed by atoms with E-state index >= 15 is 8.78 Å². The van der Waals surface area contributed by atoms with Gasteiger partial charge in [0.2, 0.25) is 0 Å². The number of alkyl halides is 2. The van der Waals surface area contributed by atoms with Crippen LogP contribution in [0.4, 0.5) is 27.6 Å². The van der Waals surface area contributed by atoms with E-state index in [-0.39, 0.29) is 24.1 Å². The van der Waals surface area contributed by atoms with E-state index in [2.05, 4.69) is 5.32 Å². The number of aliphatic hydroxyl groups is 1. The second-order valence-corrected chi connectivity index (χ2v) is 8.53. The molecule has 2 aliphatic rings. The van der Waals surface area contributed by atoms with Crippen LogP contribution in [0.3, 0.4) is 0 Å². The lowest BCUT2D eigenvalue weighted by Crippen LogP contribution is -2.53. The minimum absolute atomic E-state index is 0.0801. The van der Waals surface area contributed by atoms with Crippen molar-refractivity contribution >= 4 is 17.5 Å². The largest absolute Gasteiger partial charge is 0.393 e. The Kier molecular flexibility index (Phi) is 5.90. The summed E-state index contributed by atoms with van der Waals surface area (Å²) in [6.45, 7) is 1.28. The second kappa shape index (κ2) is 8.40. The lowest BCUT2D eigenvalue weighted by molar-refractivity contribution is -0.166. The van der Waals surface area contributed by atoms with Gasteiger partial charge in [0.05, 0.1) is 11.7 Å². The van der Waals surface area contributed by atoms with E-state index in [4.69, 9.17) is 0 Å². The molecule has 176 valence electrons. The van der Waals surface area contributed by atoms with Crippen molar-refractivity contribution in [2.24, 2.45) is 0 Å². The van der Waals surface area contributed by atoms with Crippen LogP contribution >= 0.6 is 0 Å². The van der Waals surface area contributed by atoms with Gasteiger partial charge in [-0.05, 0) is 62.4 Å². The van der Waals surface area contributed by atoms with Crippen molar-refractivity contribution in [2.45, 2.75) is 56.7 Å². The number of rotatable bonds is 4. The zero-order valence-corrected chi connectivity index (χ0v) is 17.5. The summed E-state index contributed by atoms with van der Waals surface area (Å²) in [7, 11) is 0. The molecule has 10 heteroatoms. The van der Waals surface area contributed by atoms with E-state index in [0.717, 1.165) is 23.1 Å². The van der Waals surface area contributed by atoms with E-state index in [0.29, 0.717) is 25.0 Å². The third-order valence-corrected chi connectivity index (χ3v) is 6.25. The van der Waals surface area contributed by atoms with E-state index < -0.39 is 64.5 Å². The first-order valence-corrected chi connectivity index (χ1v) is 10.4. The molecule has 2 aliphatic heterocycles. The molecule has 2 aromatic rings. The molecule has 2 unspecified atom stereocenters. The predicted molar refractivity (Wildman–Crippen MR) is 108 cm³/mol. The van der Waals surface area contributed by atoms with Crippen molar-refractivity contribution in [1.82, 2.24) is 4.90 Å². The number of amides is 2. The number of halogens is 5. The number of nitrogens with zero attached hydrogens (tertiary/aromatic N) is 1. The summed E-state index contributed by atoms with van der Waals surface area (Å²) >= 11 is 0. The van der Waals surface area contributed by atoms with Gasteiger partial charge in [0, 0.05) is 29.4 Å². The molecule has 2 aromatic carbocycles. The van der Waals surface area contributed by atoms with Crippen molar-refractivity contribution in [1.29, 1.82) is 0 Å². The van der Waals surface area contributed by atoms with Gasteiger partial charge in [0.25, 0.3) is 11.8 Å². The molecule has 33 heavy (non-hydrogen) atoms. The molecule has 0 aromatic heterocycles. The number of aliphatic hydroxyl groups excluding tert-OH is 1. The summed E-state index contributed by atoms with van der Waals surface area (Å²) in [4.78, 5) is 26.3. The molecule has 0 radical (unpaired) electrons. The Labute approximate surface area is 186 Å². The number of benzene rings is 2. The summed E-state index contributed by atoms with van der Waals surface area (Å²) in [5.41, 5.74) is -1.84. The van der Waals surface area contributed by atoms with Crippen molar-refractivity contribution in [3.63, 3.8) is 0 Å². The quantitative estimate of drug-likeness (QED) is 0.659. The summed E-state index contributed by atoms with van der Waals surface area (Å²) < 4.78 is 71.8. The van der Waals surface area contributed by atoms with Crippen molar-refractivity contribution in [3.8, 4) is 0 Å². The Morgan fingerprint density at radius 1 is 1.03 bits per heavy atom. The molecule has 2 heterocycles. The van der Waals surface area contributed by atoms with E-state index in [9.17, 15) is 27.9 Å². The van der Waals surface area contributed by atoms with Crippen molar-refractivity contribution in [2.75, 3.05) is 5.32 Å². The Balaban J connectivity index is 1.60. The first kappa shape index (κ1) is 23.2. The number of hydrogen-bond donors (Lipinski definition) is 2. The monoisotopic (exact) mass is 468 g/mol. The maximum Gasteiger partial charge on any atom is 0.352 e. The summed E-state index contributed by atoms with van der Waals surface area (Å²) in [6.07, 6.45) is 0.627. The first-order chi connectivity index (χ1) is 15.5. The summed E-state index contributed by atoms with van der Waals surface area (Å²) in [5, 5.41) is 12.1. The third-order valence-electron chi connectivity index (χ3n) is 6.25. The van der Waals surface area contributed by atoms with Gasteiger partial charge in [0.15, 0.2) is 11.6 Å². The van der Waals surface area contributed by atoms with Crippen LogP contribution in [-0.2, 0) is 10.7 Å². The highest BCUT2D eigenvalue weighted by molar-refractivity contribution is 6.04. The van der Waals surface area contributed by atoms with Crippen LogP contribution in [0.2, 0.25) is 0 Å². The van der Waals surface area contributed by atoms with E-state index in [1.807, 2.05) is 0 Å². The average molecular weight is 468 g/mol. The Bertz CT molecular complexity index is 1090. The first-order valence-electron chi connectivity index (χ1n) is 10.4. The highest BCUT2D eigenvalue weighted by atomic mass is 19.3. The van der Waals surface area contributed by atoms with Crippen LogP contribution in [0, 0.1) is 24.4 Å². The SMILES string of the molecule is Cc1cc(NC(=O)c2ccc(F)c(C(F)(F)C(=O)N3C4CC[C@@H]3CC(O)C4)c2)cc(F)c1F. The molecular formula is C23H21F5N2O3. The number of nitrogens with one attached hydrogen (secondary N) is 1. The molecule has 2 saturated heterocycles. The normalized spacial score (nSPS) is 22.4. The standard InChI is InChI=1S/C23H21F5N2O3/c1-11-6-13(8-19(25)20(11)26)29-21(32)12-2-5-18(24)17(7-12)23(27,28)22(33)30-14-3-4-15(30)10-16(31)9-14/h2,5-8,14-16,31H,3-4,9-10H2,1H3,(H,29,32)/t14-,15?,16?/m1/s1. The zero-order valence-electron chi connectivity index (χ0n) is 17.5. The Hall–Kier alpha value is -3.01. The molecule has 5 nitrogen and oxygen atoms in total. The molecule has 2 bridgehead atoms. The van der Waals surface area contributed by atoms with Gasteiger partial charge in [-0.3, -0.25) is 9.59 Å². The number of fused-ring (bicyclic) bond motifs is 2. The van der Waals surface area contributed by atoms with Gasteiger partial charge in [-0.2, -0.15) is 8.78 Å². The lowest BCUT2D eigenvalue weighted by atomic mass is 9.96. The fourth-order valence-electron chi connectivity index (χ4n) is 4.67. The van der Waals surface area contributed by atoms with Gasteiger partial charge in [-0.15, -0.1) is 0 Å². The van der Waals surface area contributed by atoms with Crippen LogP contribution in [0.5, 0.6) is 0 Å². The smallest absolute Gasteiger partial charge is 0.352 e. The van der Waals surface area contributed by atoms with E-state index in [1.165, 1.54) is 6.92 Å². The Morgan fingerprint density at radius 2 is 1.67 bits per heavy atom. The maximum absolute atomic E-state index is 15.2. The minimum Gasteiger partial charge on any atom is -0.393 e. The number of carbonyl (C=O) groups excluding carboxylic acids is 2. The van der Waals surface area contributed by atoms with E-state index in [1.54, 1.807) is 0 Å². The molecule has 2 N–H and O–H groups in total. The van der Waals surface area contributed by atoms with Gasteiger partial charge >= 0.3 is 5.92 Å². The van der Waals surface area contributed by atoms with Crippen molar-refractivity contribution in [3.05, 3.63) is 64.5 Å². The van der Waals surface area contributed by atoms with Crippen LogP contribution in [0.25, 0.3) is 0 Å². The number of anilines is 1. The molecule has 3 atom stereocenters. The predicted octanol–water partition coefficient (Wildman–Crippen LogP) is 4.27. The highest BCUT2D eigenvalue weighted by Gasteiger charge is 2.53. The molecular weight excluding hydrogens is 447 g/mol. The van der Waals surface area contributed by atoms with Gasteiger partial charge < -0.3 is 15.3 Å². The molecule has 4 rings (SSSR count). The Morgan fingerprint density at radius 3 is 2.27 bits per heavy atom. The summed E-state index contributed by atoms with van der Waals surface area (Å²) in [5.74, 6) is -10.4. The number of hydrogen-bond acceptors (Lipinski definition) is 3.